The fraction of sp³-hybridized carbons (Fsp3) is 0.357. The lowest BCUT2D eigenvalue weighted by atomic mass is 10.1. The fourth-order valence-corrected chi connectivity index (χ4v) is 2.13. The van der Waals surface area contributed by atoms with Gasteiger partial charge in [0.05, 0.1) is 6.61 Å². The lowest BCUT2D eigenvalue weighted by molar-refractivity contribution is -0.142. The van der Waals surface area contributed by atoms with Crippen molar-refractivity contribution >= 4 is 5.97 Å². The maximum atomic E-state index is 11.3. The van der Waals surface area contributed by atoms with Gasteiger partial charge in [-0.1, -0.05) is 23.4 Å². The van der Waals surface area contributed by atoms with E-state index >= 15 is 0 Å². The number of fused-ring (bicyclic) bond motifs is 1. The largest absolute Gasteiger partial charge is 0.482 e. The molecule has 0 radical (unpaired) electrons. The summed E-state index contributed by atoms with van der Waals surface area (Å²) in [5.41, 5.74) is 1.12. The zero-order chi connectivity index (χ0) is 13.9. The molecule has 0 fully saturated rings. The van der Waals surface area contributed by atoms with E-state index in [4.69, 9.17) is 14.0 Å². The molecule has 1 unspecified atom stereocenters. The topological polar surface area (TPSA) is 74.5 Å². The molecule has 1 aromatic heterocycles. The molecule has 1 aliphatic rings. The van der Waals surface area contributed by atoms with E-state index in [0.29, 0.717) is 18.9 Å². The van der Waals surface area contributed by atoms with E-state index in [1.54, 1.807) is 6.92 Å². The van der Waals surface area contributed by atoms with Gasteiger partial charge in [-0.05, 0) is 18.6 Å². The van der Waals surface area contributed by atoms with E-state index in [-0.39, 0.29) is 24.4 Å². The smallest absolute Gasteiger partial charge is 0.315 e. The minimum Gasteiger partial charge on any atom is -0.482 e. The number of ether oxygens (including phenoxy) is 2. The molecule has 2 heterocycles. The second-order valence-electron chi connectivity index (χ2n) is 4.45. The lowest BCUT2D eigenvalue weighted by Gasteiger charge is -2.04. The van der Waals surface area contributed by atoms with Crippen LogP contribution in [-0.4, -0.2) is 22.7 Å². The zero-order valence-corrected chi connectivity index (χ0v) is 11.0. The minimum absolute atomic E-state index is 0.0134. The van der Waals surface area contributed by atoms with Crippen molar-refractivity contribution in [2.75, 3.05) is 6.61 Å². The summed E-state index contributed by atoms with van der Waals surface area (Å²) >= 11 is 0. The van der Waals surface area contributed by atoms with Gasteiger partial charge in [0.25, 0.3) is 0 Å². The monoisotopic (exact) mass is 274 g/mol. The molecule has 0 saturated heterocycles. The van der Waals surface area contributed by atoms with E-state index in [1.807, 2.05) is 24.3 Å². The first kappa shape index (κ1) is 12.7. The van der Waals surface area contributed by atoms with E-state index in [9.17, 15) is 4.79 Å². The number of esters is 1. The Hall–Kier alpha value is -2.37. The van der Waals surface area contributed by atoms with Gasteiger partial charge in [-0.25, -0.2) is 0 Å². The van der Waals surface area contributed by atoms with Crippen molar-refractivity contribution in [3.63, 3.8) is 0 Å². The number of hydrogen-bond acceptors (Lipinski definition) is 6. The molecule has 0 saturated carbocycles. The summed E-state index contributed by atoms with van der Waals surface area (Å²) in [5, 5.41) is 3.88. The van der Waals surface area contributed by atoms with Crippen LogP contribution in [0, 0.1) is 0 Å². The van der Waals surface area contributed by atoms with Crippen LogP contribution in [0.2, 0.25) is 0 Å². The Morgan fingerprint density at radius 2 is 2.30 bits per heavy atom. The van der Waals surface area contributed by atoms with Crippen LogP contribution in [0.1, 0.15) is 30.3 Å². The highest BCUT2D eigenvalue weighted by Gasteiger charge is 2.28. The van der Waals surface area contributed by atoms with Gasteiger partial charge in [0, 0.05) is 6.42 Å². The number of nitrogens with zero attached hydrogens (tertiary/aromatic N) is 2. The molecule has 1 aromatic carbocycles. The van der Waals surface area contributed by atoms with Crippen LogP contribution in [0.15, 0.2) is 28.8 Å². The predicted octanol–water partition coefficient (Wildman–Crippen LogP) is 1.85. The first-order valence-electron chi connectivity index (χ1n) is 6.49. The SMILES string of the molecule is CCOC(=O)Cc1nc(C2Cc3ccccc3O2)no1. The maximum Gasteiger partial charge on any atom is 0.315 e. The number of rotatable bonds is 4. The average Bonchev–Trinajstić information content (AvgIpc) is 3.04. The van der Waals surface area contributed by atoms with Gasteiger partial charge in [0.2, 0.25) is 11.7 Å². The Kier molecular flexibility index (Phi) is 3.37. The van der Waals surface area contributed by atoms with Gasteiger partial charge < -0.3 is 14.0 Å². The number of carbonyl (C=O) groups excluding carboxylic acids is 1. The molecule has 0 amide bonds. The Bertz CT molecular complexity index is 598. The van der Waals surface area contributed by atoms with Gasteiger partial charge in [-0.2, -0.15) is 4.98 Å². The minimum atomic E-state index is -0.377. The Morgan fingerprint density at radius 1 is 1.45 bits per heavy atom. The van der Waals surface area contributed by atoms with Gasteiger partial charge >= 0.3 is 5.97 Å². The van der Waals surface area contributed by atoms with E-state index in [2.05, 4.69) is 10.1 Å². The van der Waals surface area contributed by atoms with Crippen LogP contribution in [0.25, 0.3) is 0 Å². The van der Waals surface area contributed by atoms with Crippen LogP contribution >= 0.6 is 0 Å². The Balaban J connectivity index is 1.68. The van der Waals surface area contributed by atoms with Crippen molar-refractivity contribution in [1.82, 2.24) is 10.1 Å². The molecule has 1 aliphatic heterocycles. The molecular formula is C14H14N2O4. The Morgan fingerprint density at radius 3 is 3.10 bits per heavy atom. The van der Waals surface area contributed by atoms with Crippen LogP contribution in [-0.2, 0) is 22.4 Å². The van der Waals surface area contributed by atoms with Crippen molar-refractivity contribution < 1.29 is 18.8 Å². The third kappa shape index (κ3) is 2.49. The summed E-state index contributed by atoms with van der Waals surface area (Å²) in [6, 6.07) is 7.81. The average molecular weight is 274 g/mol. The molecule has 1 atom stereocenters. The van der Waals surface area contributed by atoms with Crippen molar-refractivity contribution in [3.8, 4) is 5.75 Å². The lowest BCUT2D eigenvalue weighted by Crippen LogP contribution is -2.09. The number of aromatic nitrogens is 2. The van der Waals surface area contributed by atoms with Crippen molar-refractivity contribution in [2.45, 2.75) is 25.9 Å². The second-order valence-corrected chi connectivity index (χ2v) is 4.45. The third-order valence-corrected chi connectivity index (χ3v) is 3.02. The molecule has 20 heavy (non-hydrogen) atoms. The fourth-order valence-electron chi connectivity index (χ4n) is 2.13. The van der Waals surface area contributed by atoms with Crippen LogP contribution in [0.5, 0.6) is 5.75 Å². The van der Waals surface area contributed by atoms with Crippen LogP contribution in [0.4, 0.5) is 0 Å². The normalized spacial score (nSPS) is 16.6. The molecule has 3 rings (SSSR count). The molecule has 2 aromatic rings. The van der Waals surface area contributed by atoms with Crippen LogP contribution in [0.3, 0.4) is 0 Å². The highest BCUT2D eigenvalue weighted by Crippen LogP contribution is 2.35. The highest BCUT2D eigenvalue weighted by atomic mass is 16.5. The quantitative estimate of drug-likeness (QED) is 0.792. The molecule has 104 valence electrons. The molecule has 0 N–H and O–H groups in total. The molecule has 0 aliphatic carbocycles. The number of benzene rings is 1. The number of carbonyl (C=O) groups is 1. The van der Waals surface area contributed by atoms with Crippen molar-refractivity contribution in [2.24, 2.45) is 0 Å². The first-order valence-corrected chi connectivity index (χ1v) is 6.49. The number of para-hydroxylation sites is 1. The molecule has 0 spiro atoms. The summed E-state index contributed by atoms with van der Waals surface area (Å²) in [4.78, 5) is 15.5. The standard InChI is InChI=1S/C14H14N2O4/c1-2-18-13(17)8-12-15-14(16-20-12)11-7-9-5-3-4-6-10(9)19-11/h3-6,11H,2,7-8H2,1H3. The molecule has 0 bridgehead atoms. The van der Waals surface area contributed by atoms with Crippen molar-refractivity contribution in [1.29, 1.82) is 0 Å². The molecular weight excluding hydrogens is 260 g/mol. The number of hydrogen-bond donors (Lipinski definition) is 0. The summed E-state index contributed by atoms with van der Waals surface area (Å²) in [6.45, 7) is 2.08. The maximum absolute atomic E-state index is 11.3. The summed E-state index contributed by atoms with van der Waals surface area (Å²) < 4.78 is 15.6. The van der Waals surface area contributed by atoms with Gasteiger partial charge in [-0.3, -0.25) is 4.79 Å². The van der Waals surface area contributed by atoms with E-state index in [0.717, 1.165) is 11.3 Å². The zero-order valence-electron chi connectivity index (χ0n) is 11.0. The van der Waals surface area contributed by atoms with E-state index < -0.39 is 0 Å². The first-order chi connectivity index (χ1) is 9.76. The van der Waals surface area contributed by atoms with Gasteiger partial charge in [-0.15, -0.1) is 0 Å². The predicted molar refractivity (Wildman–Crippen MR) is 68.2 cm³/mol. The Labute approximate surface area is 115 Å². The molecule has 6 heteroatoms. The third-order valence-electron chi connectivity index (χ3n) is 3.02. The summed E-state index contributed by atoms with van der Waals surface area (Å²) in [7, 11) is 0. The highest BCUT2D eigenvalue weighted by molar-refractivity contribution is 5.71. The molecule has 6 nitrogen and oxygen atoms in total. The van der Waals surface area contributed by atoms with E-state index in [1.165, 1.54) is 0 Å². The van der Waals surface area contributed by atoms with Crippen LogP contribution < -0.4 is 4.74 Å². The van der Waals surface area contributed by atoms with Crippen molar-refractivity contribution in [3.05, 3.63) is 41.5 Å². The van der Waals surface area contributed by atoms with Gasteiger partial charge in [0.1, 0.15) is 12.2 Å². The summed E-state index contributed by atoms with van der Waals surface area (Å²) in [6.07, 6.45) is 0.432. The van der Waals surface area contributed by atoms with Gasteiger partial charge in [0.15, 0.2) is 6.10 Å². The summed E-state index contributed by atoms with van der Waals surface area (Å²) in [5.74, 6) is 1.17. The second kappa shape index (κ2) is 5.32.